The number of halogens is 3. The molecule has 1 fully saturated rings. The lowest BCUT2D eigenvalue weighted by Gasteiger charge is -2.28. The van der Waals surface area contributed by atoms with Crippen molar-refractivity contribution < 1.29 is 18.0 Å². The largest absolute Gasteiger partial charge is 0.433 e. The maximum absolute atomic E-state index is 14.3. The van der Waals surface area contributed by atoms with Crippen LogP contribution >= 0.6 is 22.7 Å². The Balaban J connectivity index is 1.31. The van der Waals surface area contributed by atoms with E-state index in [1.807, 2.05) is 47.2 Å². The molecule has 0 radical (unpaired) electrons. The molecule has 1 saturated carbocycles. The molecule has 2 atom stereocenters. The standard InChI is InChI=1S/C33H28F3N5OS2/c1-19(2)20-10-12-21(13-11-20)25-17-28(33(34,35)36)40-29(37-25)18-26(38-40)32(42)41-31(27-9-5-15-44-27)24-8-3-6-22(30(24)39-41)16-23-7-4-14-43-23/h4-5,7,9-19,24,31H,3,6,8H2,1-2H3. The van der Waals surface area contributed by atoms with Gasteiger partial charge in [-0.15, -0.1) is 22.7 Å². The van der Waals surface area contributed by atoms with Crippen LogP contribution in [-0.4, -0.2) is 31.2 Å². The summed E-state index contributed by atoms with van der Waals surface area (Å²) in [6.07, 6.45) is 0.0785. The lowest BCUT2D eigenvalue weighted by Crippen LogP contribution is -2.31. The second-order valence-corrected chi connectivity index (χ2v) is 13.3. The van der Waals surface area contributed by atoms with Gasteiger partial charge in [0, 0.05) is 27.3 Å². The van der Waals surface area contributed by atoms with Gasteiger partial charge in [0.05, 0.1) is 17.4 Å². The number of nitrogens with zero attached hydrogens (tertiary/aromatic N) is 5. The predicted octanol–water partition coefficient (Wildman–Crippen LogP) is 9.10. The molecule has 2 unspecified atom stereocenters. The van der Waals surface area contributed by atoms with Crippen LogP contribution in [0.2, 0.25) is 0 Å². The third-order valence-electron chi connectivity index (χ3n) is 8.21. The second-order valence-electron chi connectivity index (χ2n) is 11.4. The minimum atomic E-state index is -4.72. The van der Waals surface area contributed by atoms with Crippen molar-refractivity contribution in [3.8, 4) is 11.3 Å². The van der Waals surface area contributed by atoms with Crippen LogP contribution in [0.15, 0.2) is 82.1 Å². The van der Waals surface area contributed by atoms with Crippen molar-refractivity contribution in [1.29, 1.82) is 0 Å². The number of carbonyl (C=O) groups is 1. The Kier molecular flexibility index (Phi) is 7.25. The van der Waals surface area contributed by atoms with Crippen LogP contribution in [0, 0.1) is 5.92 Å². The van der Waals surface area contributed by atoms with Crippen LogP contribution in [0.1, 0.15) is 76.6 Å². The van der Waals surface area contributed by atoms with Crippen LogP contribution in [0.3, 0.4) is 0 Å². The number of allylic oxidation sites excluding steroid dienone is 1. The molecule has 11 heteroatoms. The fourth-order valence-electron chi connectivity index (χ4n) is 6.04. The lowest BCUT2D eigenvalue weighted by molar-refractivity contribution is -0.142. The van der Waals surface area contributed by atoms with Gasteiger partial charge in [-0.1, -0.05) is 50.2 Å². The zero-order valence-electron chi connectivity index (χ0n) is 24.0. The van der Waals surface area contributed by atoms with E-state index < -0.39 is 17.8 Å². The normalized spacial score (nSPS) is 19.6. The van der Waals surface area contributed by atoms with E-state index in [1.165, 1.54) is 11.1 Å². The molecule has 0 spiro atoms. The summed E-state index contributed by atoms with van der Waals surface area (Å²) in [5, 5.41) is 14.4. The van der Waals surface area contributed by atoms with Crippen molar-refractivity contribution in [2.45, 2.75) is 51.2 Å². The number of amides is 1. The maximum Gasteiger partial charge on any atom is 0.433 e. The van der Waals surface area contributed by atoms with Crippen molar-refractivity contribution in [2.75, 3.05) is 0 Å². The molecule has 1 amide bonds. The molecule has 0 N–H and O–H groups in total. The summed E-state index contributed by atoms with van der Waals surface area (Å²) in [6.45, 7) is 4.10. The molecule has 2 aliphatic rings. The quantitative estimate of drug-likeness (QED) is 0.194. The molecule has 1 aliphatic heterocycles. The molecule has 4 aromatic heterocycles. The Hall–Kier alpha value is -4.09. The SMILES string of the molecule is CC(C)c1ccc(-c2cc(C(F)(F)F)n3nc(C(=O)N4N=C5C(=Cc6cccs6)CCCC5C4c4cccs4)cc3n2)cc1. The minimum Gasteiger partial charge on any atom is -0.265 e. The van der Waals surface area contributed by atoms with E-state index in [9.17, 15) is 18.0 Å². The molecule has 1 aliphatic carbocycles. The van der Waals surface area contributed by atoms with E-state index in [4.69, 9.17) is 5.10 Å². The molecular weight excluding hydrogens is 604 g/mol. The summed E-state index contributed by atoms with van der Waals surface area (Å²) >= 11 is 3.18. The van der Waals surface area contributed by atoms with E-state index in [0.717, 1.165) is 56.4 Å². The van der Waals surface area contributed by atoms with Gasteiger partial charge in [0.1, 0.15) is 0 Å². The van der Waals surface area contributed by atoms with E-state index in [2.05, 4.69) is 30.0 Å². The highest BCUT2D eigenvalue weighted by Crippen LogP contribution is 2.46. The van der Waals surface area contributed by atoms with E-state index >= 15 is 0 Å². The van der Waals surface area contributed by atoms with Gasteiger partial charge in [0.2, 0.25) is 0 Å². The number of rotatable bonds is 5. The van der Waals surface area contributed by atoms with Crippen LogP contribution in [0.25, 0.3) is 23.0 Å². The smallest absolute Gasteiger partial charge is 0.265 e. The summed E-state index contributed by atoms with van der Waals surface area (Å²) in [7, 11) is 0. The summed E-state index contributed by atoms with van der Waals surface area (Å²) < 4.78 is 43.7. The molecule has 224 valence electrons. The first kappa shape index (κ1) is 28.7. The average Bonchev–Trinajstić information content (AvgIpc) is 3.82. The van der Waals surface area contributed by atoms with Crippen molar-refractivity contribution in [3.05, 3.63) is 104 Å². The molecule has 44 heavy (non-hydrogen) atoms. The highest BCUT2D eigenvalue weighted by molar-refractivity contribution is 7.11. The first-order chi connectivity index (χ1) is 21.2. The molecule has 5 aromatic rings. The Morgan fingerprint density at radius 2 is 1.82 bits per heavy atom. The van der Waals surface area contributed by atoms with Gasteiger partial charge in [-0.05, 0) is 71.4 Å². The molecular formula is C33H28F3N5OS2. The predicted molar refractivity (Wildman–Crippen MR) is 168 cm³/mol. The van der Waals surface area contributed by atoms with Crippen LogP contribution in [0.5, 0.6) is 0 Å². The Morgan fingerprint density at radius 1 is 1.05 bits per heavy atom. The van der Waals surface area contributed by atoms with Gasteiger partial charge in [-0.3, -0.25) is 4.79 Å². The molecule has 0 bridgehead atoms. The molecule has 7 rings (SSSR count). The Morgan fingerprint density at radius 3 is 2.50 bits per heavy atom. The number of aromatic nitrogens is 3. The first-order valence-corrected chi connectivity index (χ1v) is 16.2. The monoisotopic (exact) mass is 631 g/mol. The van der Waals surface area contributed by atoms with Crippen LogP contribution in [0.4, 0.5) is 13.2 Å². The summed E-state index contributed by atoms with van der Waals surface area (Å²) in [4.78, 5) is 20.7. The zero-order valence-corrected chi connectivity index (χ0v) is 25.6. The van der Waals surface area contributed by atoms with Gasteiger partial charge >= 0.3 is 6.18 Å². The van der Waals surface area contributed by atoms with E-state index in [-0.39, 0.29) is 34.9 Å². The van der Waals surface area contributed by atoms with E-state index in [0.29, 0.717) is 5.56 Å². The van der Waals surface area contributed by atoms with Crippen molar-refractivity contribution in [2.24, 2.45) is 11.0 Å². The second kappa shape index (κ2) is 11.1. The summed E-state index contributed by atoms with van der Waals surface area (Å²) in [5.41, 5.74) is 2.54. The number of hydrazone groups is 1. The summed E-state index contributed by atoms with van der Waals surface area (Å²) in [6, 6.07) is 17.2. The highest BCUT2D eigenvalue weighted by Gasteiger charge is 2.45. The number of alkyl halides is 3. The fourth-order valence-corrected chi connectivity index (χ4v) is 7.59. The van der Waals surface area contributed by atoms with Crippen LogP contribution in [-0.2, 0) is 6.18 Å². The molecule has 1 aromatic carbocycles. The third kappa shape index (κ3) is 5.17. The third-order valence-corrected chi connectivity index (χ3v) is 9.98. The number of hydrogen-bond donors (Lipinski definition) is 0. The Bertz CT molecular complexity index is 1890. The number of thiophene rings is 2. The maximum atomic E-state index is 14.3. The topological polar surface area (TPSA) is 62.9 Å². The van der Waals surface area contributed by atoms with Gasteiger partial charge in [-0.25, -0.2) is 14.5 Å². The van der Waals surface area contributed by atoms with Gasteiger partial charge in [-0.2, -0.15) is 23.4 Å². The summed E-state index contributed by atoms with van der Waals surface area (Å²) in [5.74, 6) is -0.284. The van der Waals surface area contributed by atoms with E-state index in [1.54, 1.807) is 34.8 Å². The van der Waals surface area contributed by atoms with Gasteiger partial charge in [0.25, 0.3) is 5.91 Å². The zero-order chi connectivity index (χ0) is 30.6. The van der Waals surface area contributed by atoms with Gasteiger partial charge in [0.15, 0.2) is 17.0 Å². The molecule has 5 heterocycles. The number of fused-ring (bicyclic) bond motifs is 2. The number of benzene rings is 1. The number of carbonyl (C=O) groups excluding carboxylic acids is 1. The van der Waals surface area contributed by atoms with Crippen molar-refractivity contribution in [1.82, 2.24) is 19.6 Å². The van der Waals surface area contributed by atoms with Crippen molar-refractivity contribution >= 4 is 46.0 Å². The lowest BCUT2D eigenvalue weighted by atomic mass is 9.79. The highest BCUT2D eigenvalue weighted by atomic mass is 32.1. The molecule has 6 nitrogen and oxygen atoms in total. The number of hydrogen-bond acceptors (Lipinski definition) is 6. The fraction of sp³-hybridized carbons (Fsp3) is 0.273. The first-order valence-electron chi connectivity index (χ1n) is 14.5. The minimum absolute atomic E-state index is 0.0149. The Labute approximate surface area is 260 Å². The van der Waals surface area contributed by atoms with Crippen molar-refractivity contribution in [3.63, 3.8) is 0 Å². The van der Waals surface area contributed by atoms with Crippen LogP contribution < -0.4 is 0 Å². The average molecular weight is 632 g/mol. The molecule has 0 saturated heterocycles. The van der Waals surface area contributed by atoms with Gasteiger partial charge < -0.3 is 0 Å².